The average molecular weight is 343 g/mol. The smallest absolute Gasteiger partial charge is 0.0233 e. The maximum Gasteiger partial charge on any atom is -0.0233 e. The largest absolute Gasteiger partial charge is 0.103 e. The molecular formula is C25H42. The molecule has 142 valence electrons. The van der Waals surface area contributed by atoms with Crippen LogP contribution in [0.1, 0.15) is 96.8 Å². The van der Waals surface area contributed by atoms with Gasteiger partial charge in [-0.1, -0.05) is 32.3 Å². The molecule has 8 atom stereocenters. The third kappa shape index (κ3) is 4.03. The second-order valence-corrected chi connectivity index (χ2v) is 10.5. The lowest BCUT2D eigenvalue weighted by atomic mass is 9.58. The molecule has 0 amide bonds. The fourth-order valence-electron chi connectivity index (χ4n) is 7.73. The molecule has 0 bridgehead atoms. The van der Waals surface area contributed by atoms with Crippen molar-refractivity contribution in [3.8, 4) is 0 Å². The van der Waals surface area contributed by atoms with Gasteiger partial charge in [-0.3, -0.25) is 0 Å². The van der Waals surface area contributed by atoms with Gasteiger partial charge in [0.25, 0.3) is 0 Å². The van der Waals surface area contributed by atoms with Crippen molar-refractivity contribution >= 4 is 0 Å². The van der Waals surface area contributed by atoms with Crippen LogP contribution in [0.25, 0.3) is 0 Å². The summed E-state index contributed by atoms with van der Waals surface area (Å²) in [5.41, 5.74) is 0. The van der Waals surface area contributed by atoms with Crippen molar-refractivity contribution in [2.24, 2.45) is 47.3 Å². The minimum absolute atomic E-state index is 0.839. The van der Waals surface area contributed by atoms with Gasteiger partial charge in [0.15, 0.2) is 0 Å². The van der Waals surface area contributed by atoms with Crippen LogP contribution in [0.3, 0.4) is 0 Å². The number of hydrogen-bond acceptors (Lipinski definition) is 0. The van der Waals surface area contributed by atoms with E-state index < -0.39 is 0 Å². The molecular weight excluding hydrogens is 300 g/mol. The molecule has 0 nitrogen and oxygen atoms in total. The Bertz CT molecular complexity index is 437. The highest BCUT2D eigenvalue weighted by Gasteiger charge is 2.41. The van der Waals surface area contributed by atoms with E-state index in [0.717, 1.165) is 47.3 Å². The van der Waals surface area contributed by atoms with E-state index in [1.54, 1.807) is 57.8 Å². The number of fused-ring (bicyclic) bond motifs is 2. The zero-order valence-electron chi connectivity index (χ0n) is 16.8. The molecule has 0 aromatic carbocycles. The normalized spacial score (nSPS) is 47.6. The predicted molar refractivity (Wildman–Crippen MR) is 108 cm³/mol. The van der Waals surface area contributed by atoms with Crippen LogP contribution in [0.5, 0.6) is 0 Å². The monoisotopic (exact) mass is 342 g/mol. The van der Waals surface area contributed by atoms with E-state index in [1.807, 2.05) is 0 Å². The van der Waals surface area contributed by atoms with Crippen LogP contribution < -0.4 is 0 Å². The quantitative estimate of drug-likeness (QED) is 0.460. The minimum Gasteiger partial charge on any atom is -0.103 e. The first kappa shape index (κ1) is 18.1. The first-order valence-corrected chi connectivity index (χ1v) is 11.9. The van der Waals surface area contributed by atoms with Crippen LogP contribution in [0, 0.1) is 47.3 Å². The fraction of sp³-hybridized carbons (Fsp3) is 0.920. The van der Waals surface area contributed by atoms with Gasteiger partial charge >= 0.3 is 0 Å². The number of allylic oxidation sites excluding steroid dienone is 1. The van der Waals surface area contributed by atoms with Crippen molar-refractivity contribution < 1.29 is 0 Å². The van der Waals surface area contributed by atoms with Crippen LogP contribution in [0.2, 0.25) is 0 Å². The molecule has 0 heterocycles. The average Bonchev–Trinajstić information content (AvgIpc) is 2.67. The molecule has 4 aliphatic carbocycles. The van der Waals surface area contributed by atoms with E-state index in [1.165, 1.54) is 32.1 Å². The van der Waals surface area contributed by atoms with Crippen LogP contribution in [-0.2, 0) is 0 Å². The summed E-state index contributed by atoms with van der Waals surface area (Å²) >= 11 is 0. The van der Waals surface area contributed by atoms with Gasteiger partial charge in [0.1, 0.15) is 0 Å². The highest BCUT2D eigenvalue weighted by molar-refractivity contribution is 4.94. The Hall–Kier alpha value is -0.260. The summed E-state index contributed by atoms with van der Waals surface area (Å²) < 4.78 is 0. The summed E-state index contributed by atoms with van der Waals surface area (Å²) in [6, 6.07) is 0. The second-order valence-electron chi connectivity index (χ2n) is 10.5. The summed E-state index contributed by atoms with van der Waals surface area (Å²) in [4.78, 5) is 0. The Morgan fingerprint density at radius 3 is 1.68 bits per heavy atom. The summed E-state index contributed by atoms with van der Waals surface area (Å²) in [5.74, 6) is 8.46. The zero-order valence-corrected chi connectivity index (χ0v) is 16.8. The van der Waals surface area contributed by atoms with Crippen LogP contribution >= 0.6 is 0 Å². The molecule has 4 aliphatic rings. The second kappa shape index (κ2) is 8.18. The lowest BCUT2D eigenvalue weighted by Crippen LogP contribution is -2.37. The predicted octanol–water partition coefficient (Wildman–Crippen LogP) is 7.64. The van der Waals surface area contributed by atoms with Crippen molar-refractivity contribution in [2.45, 2.75) is 96.8 Å². The van der Waals surface area contributed by atoms with E-state index >= 15 is 0 Å². The molecule has 0 heteroatoms. The van der Waals surface area contributed by atoms with Crippen LogP contribution in [0.4, 0.5) is 0 Å². The number of rotatable bonds is 4. The Balaban J connectivity index is 1.29. The molecule has 0 aromatic heterocycles. The van der Waals surface area contributed by atoms with Gasteiger partial charge in [0.2, 0.25) is 0 Å². The van der Waals surface area contributed by atoms with E-state index in [9.17, 15) is 0 Å². The van der Waals surface area contributed by atoms with Gasteiger partial charge in [-0.2, -0.15) is 0 Å². The molecule has 0 N–H and O–H groups in total. The highest BCUT2D eigenvalue weighted by atomic mass is 14.5. The molecule has 0 aliphatic heterocycles. The minimum atomic E-state index is 0.839. The standard InChI is InChI=1S/C25H42/c1-3-5-19-7-9-23-17-25(13-11-21(23)15-19)24-12-10-20-14-18(4-2)6-8-22(20)16-24/h4,18-25H,2-3,5-17H2,1H3. The van der Waals surface area contributed by atoms with Crippen molar-refractivity contribution in [3.05, 3.63) is 12.7 Å². The molecule has 0 spiro atoms. The Labute approximate surface area is 157 Å². The van der Waals surface area contributed by atoms with Gasteiger partial charge in [0.05, 0.1) is 0 Å². The molecule has 8 unspecified atom stereocenters. The zero-order chi connectivity index (χ0) is 17.2. The molecule has 0 saturated heterocycles. The van der Waals surface area contributed by atoms with Gasteiger partial charge in [0, 0.05) is 0 Å². The van der Waals surface area contributed by atoms with Crippen molar-refractivity contribution in [1.82, 2.24) is 0 Å². The van der Waals surface area contributed by atoms with Gasteiger partial charge in [-0.25, -0.2) is 0 Å². The summed E-state index contributed by atoms with van der Waals surface area (Å²) in [5, 5.41) is 0. The third-order valence-electron chi connectivity index (χ3n) is 9.15. The molecule has 4 fully saturated rings. The van der Waals surface area contributed by atoms with E-state index in [4.69, 9.17) is 0 Å². The summed E-state index contributed by atoms with van der Waals surface area (Å²) in [6.07, 6.45) is 23.8. The SMILES string of the molecule is C=CC1CCC2CC(C3CCC4CC(CCC)CCC4C3)CCC2C1. The van der Waals surface area contributed by atoms with E-state index in [-0.39, 0.29) is 0 Å². The Morgan fingerprint density at radius 1 is 0.640 bits per heavy atom. The molecule has 4 saturated carbocycles. The lowest BCUT2D eigenvalue weighted by Gasteiger charge is -2.48. The summed E-state index contributed by atoms with van der Waals surface area (Å²) in [7, 11) is 0. The highest BCUT2D eigenvalue weighted by Crippen LogP contribution is 2.52. The Morgan fingerprint density at radius 2 is 1.12 bits per heavy atom. The lowest BCUT2D eigenvalue weighted by molar-refractivity contribution is 0.0317. The third-order valence-corrected chi connectivity index (χ3v) is 9.15. The fourth-order valence-corrected chi connectivity index (χ4v) is 7.73. The topological polar surface area (TPSA) is 0 Å². The van der Waals surface area contributed by atoms with E-state index in [2.05, 4.69) is 19.6 Å². The summed E-state index contributed by atoms with van der Waals surface area (Å²) in [6.45, 7) is 6.44. The molecule has 25 heavy (non-hydrogen) atoms. The van der Waals surface area contributed by atoms with Crippen LogP contribution in [0.15, 0.2) is 12.7 Å². The van der Waals surface area contributed by atoms with E-state index in [0.29, 0.717) is 0 Å². The molecule has 4 rings (SSSR count). The maximum absolute atomic E-state index is 4.07. The molecule has 0 aromatic rings. The Kier molecular flexibility index (Phi) is 5.93. The van der Waals surface area contributed by atoms with Crippen LogP contribution in [-0.4, -0.2) is 0 Å². The maximum atomic E-state index is 4.07. The van der Waals surface area contributed by atoms with Gasteiger partial charge in [-0.15, -0.1) is 6.58 Å². The van der Waals surface area contributed by atoms with Crippen molar-refractivity contribution in [2.75, 3.05) is 0 Å². The first-order valence-electron chi connectivity index (χ1n) is 11.9. The first-order chi connectivity index (χ1) is 12.3. The van der Waals surface area contributed by atoms with Crippen molar-refractivity contribution in [3.63, 3.8) is 0 Å². The number of hydrogen-bond donors (Lipinski definition) is 0. The van der Waals surface area contributed by atoms with Crippen molar-refractivity contribution in [1.29, 1.82) is 0 Å². The van der Waals surface area contributed by atoms with Gasteiger partial charge < -0.3 is 0 Å². The molecule has 0 radical (unpaired) electrons. The van der Waals surface area contributed by atoms with Gasteiger partial charge in [-0.05, 0) is 118 Å².